The molecule has 9 heteroatoms. The summed E-state index contributed by atoms with van der Waals surface area (Å²) in [6, 6.07) is 5.53. The average Bonchev–Trinajstić information content (AvgIpc) is 3.00. The van der Waals surface area contributed by atoms with Crippen LogP contribution >= 0.6 is 0 Å². The summed E-state index contributed by atoms with van der Waals surface area (Å²) in [5.74, 6) is 0.499. The Kier molecular flexibility index (Phi) is 4.47. The molecule has 1 aliphatic rings. The molecule has 23 heavy (non-hydrogen) atoms. The fraction of sp³-hybridized carbons (Fsp3) is 0.429. The lowest BCUT2D eigenvalue weighted by atomic mass is 10.2. The molecular formula is C14H16FN5O3. The first kappa shape index (κ1) is 15.3. The zero-order chi connectivity index (χ0) is 16.2. The molecule has 2 heterocycles. The molecule has 0 spiro atoms. The Labute approximate surface area is 131 Å². The Hall–Kier alpha value is -2.55. The summed E-state index contributed by atoms with van der Waals surface area (Å²) in [6.07, 6.45) is -0.362. The summed E-state index contributed by atoms with van der Waals surface area (Å²) >= 11 is 0. The molecule has 122 valence electrons. The van der Waals surface area contributed by atoms with Crippen molar-refractivity contribution in [2.24, 2.45) is 7.05 Å². The monoisotopic (exact) mass is 321 g/mol. The third-order valence-electron chi connectivity index (χ3n) is 3.54. The van der Waals surface area contributed by atoms with Crippen LogP contribution in [0.2, 0.25) is 0 Å². The molecule has 0 aliphatic carbocycles. The Bertz CT molecular complexity index is 675. The molecule has 1 aromatic heterocycles. The van der Waals surface area contributed by atoms with E-state index in [0.717, 1.165) is 0 Å². The predicted octanol–water partition coefficient (Wildman–Crippen LogP) is 0.328. The maximum Gasteiger partial charge on any atom is 0.260 e. The molecule has 1 amide bonds. The lowest BCUT2D eigenvalue weighted by Crippen LogP contribution is -2.44. The van der Waals surface area contributed by atoms with Crippen molar-refractivity contribution in [2.45, 2.75) is 6.10 Å². The Morgan fingerprint density at radius 2 is 2.22 bits per heavy atom. The van der Waals surface area contributed by atoms with Crippen molar-refractivity contribution in [3.63, 3.8) is 0 Å². The molecule has 1 aliphatic heterocycles. The molecule has 0 radical (unpaired) electrons. The molecule has 0 saturated carbocycles. The minimum Gasteiger partial charge on any atom is -0.484 e. The highest BCUT2D eigenvalue weighted by Gasteiger charge is 2.28. The van der Waals surface area contributed by atoms with Crippen molar-refractivity contribution in [1.82, 2.24) is 25.1 Å². The number of benzene rings is 1. The van der Waals surface area contributed by atoms with E-state index in [9.17, 15) is 9.18 Å². The van der Waals surface area contributed by atoms with Gasteiger partial charge in [0, 0.05) is 13.6 Å². The quantitative estimate of drug-likeness (QED) is 0.807. The summed E-state index contributed by atoms with van der Waals surface area (Å²) < 4.78 is 25.3. The standard InChI is InChI=1S/C14H16FN5O3/c1-19-14(16-17-18-19)12-8-20(6-7-22-12)13(21)9-23-11-4-2-10(15)3-5-11/h2-5,12H,6-9H2,1H3. The van der Waals surface area contributed by atoms with Gasteiger partial charge in [-0.3, -0.25) is 4.79 Å². The third kappa shape index (κ3) is 3.62. The molecule has 0 N–H and O–H groups in total. The van der Waals surface area contributed by atoms with Crippen LogP contribution in [-0.4, -0.2) is 57.3 Å². The number of tetrazole rings is 1. The molecule has 2 aromatic rings. The van der Waals surface area contributed by atoms with Crippen LogP contribution in [0.3, 0.4) is 0 Å². The summed E-state index contributed by atoms with van der Waals surface area (Å²) in [7, 11) is 1.72. The molecule has 1 atom stereocenters. The van der Waals surface area contributed by atoms with Gasteiger partial charge in [-0.1, -0.05) is 0 Å². The number of hydrogen-bond acceptors (Lipinski definition) is 6. The van der Waals surface area contributed by atoms with Gasteiger partial charge in [0.05, 0.1) is 13.2 Å². The van der Waals surface area contributed by atoms with Gasteiger partial charge in [-0.2, -0.15) is 0 Å². The minimum atomic E-state index is -0.362. The van der Waals surface area contributed by atoms with Crippen LogP contribution < -0.4 is 4.74 Å². The van der Waals surface area contributed by atoms with E-state index in [0.29, 0.717) is 31.3 Å². The topological polar surface area (TPSA) is 82.4 Å². The first-order valence-corrected chi connectivity index (χ1v) is 7.13. The van der Waals surface area contributed by atoms with Crippen LogP contribution in [0.5, 0.6) is 5.75 Å². The van der Waals surface area contributed by atoms with E-state index >= 15 is 0 Å². The molecular weight excluding hydrogens is 305 g/mol. The van der Waals surface area contributed by atoms with Crippen LogP contribution in [0.15, 0.2) is 24.3 Å². The number of rotatable bonds is 4. The van der Waals surface area contributed by atoms with Gasteiger partial charge in [-0.05, 0) is 34.7 Å². The van der Waals surface area contributed by atoms with E-state index in [1.807, 2.05) is 0 Å². The summed E-state index contributed by atoms with van der Waals surface area (Å²) in [6.45, 7) is 1.13. The highest BCUT2D eigenvalue weighted by molar-refractivity contribution is 5.77. The average molecular weight is 321 g/mol. The second-order valence-electron chi connectivity index (χ2n) is 5.10. The molecule has 3 rings (SSSR count). The maximum absolute atomic E-state index is 12.8. The number of carbonyl (C=O) groups is 1. The van der Waals surface area contributed by atoms with Gasteiger partial charge in [0.15, 0.2) is 12.4 Å². The Balaban J connectivity index is 1.56. The molecule has 1 unspecified atom stereocenters. The van der Waals surface area contributed by atoms with Gasteiger partial charge < -0.3 is 14.4 Å². The van der Waals surface area contributed by atoms with Crippen LogP contribution in [0.25, 0.3) is 0 Å². The highest BCUT2D eigenvalue weighted by Crippen LogP contribution is 2.19. The van der Waals surface area contributed by atoms with Gasteiger partial charge in [0.25, 0.3) is 5.91 Å². The third-order valence-corrected chi connectivity index (χ3v) is 3.54. The lowest BCUT2D eigenvalue weighted by molar-refractivity contribution is -0.141. The Morgan fingerprint density at radius 1 is 1.43 bits per heavy atom. The largest absolute Gasteiger partial charge is 0.484 e. The first-order valence-electron chi connectivity index (χ1n) is 7.13. The normalized spacial score (nSPS) is 18.0. The van der Waals surface area contributed by atoms with Crippen molar-refractivity contribution >= 4 is 5.91 Å². The predicted molar refractivity (Wildman–Crippen MR) is 76.0 cm³/mol. The van der Waals surface area contributed by atoms with Crippen LogP contribution in [-0.2, 0) is 16.6 Å². The number of morpholine rings is 1. The summed E-state index contributed by atoms with van der Waals surface area (Å²) in [5.41, 5.74) is 0. The van der Waals surface area contributed by atoms with Crippen LogP contribution in [0.4, 0.5) is 4.39 Å². The number of hydrogen-bond donors (Lipinski definition) is 0. The van der Waals surface area contributed by atoms with Crippen molar-refractivity contribution < 1.29 is 18.7 Å². The van der Waals surface area contributed by atoms with Crippen molar-refractivity contribution in [3.8, 4) is 5.75 Å². The van der Waals surface area contributed by atoms with Gasteiger partial charge >= 0.3 is 0 Å². The maximum atomic E-state index is 12.8. The second-order valence-corrected chi connectivity index (χ2v) is 5.10. The minimum absolute atomic E-state index is 0.116. The number of carbonyl (C=O) groups excluding carboxylic acids is 1. The number of amides is 1. The smallest absolute Gasteiger partial charge is 0.260 e. The highest BCUT2D eigenvalue weighted by atomic mass is 19.1. The van der Waals surface area contributed by atoms with Crippen LogP contribution in [0.1, 0.15) is 11.9 Å². The van der Waals surface area contributed by atoms with Gasteiger partial charge in [-0.15, -0.1) is 5.10 Å². The van der Waals surface area contributed by atoms with E-state index in [4.69, 9.17) is 9.47 Å². The summed E-state index contributed by atoms with van der Waals surface area (Å²) in [5, 5.41) is 11.2. The fourth-order valence-electron chi connectivity index (χ4n) is 2.31. The molecule has 1 saturated heterocycles. The summed E-state index contributed by atoms with van der Waals surface area (Å²) in [4.78, 5) is 13.9. The fourth-order valence-corrected chi connectivity index (χ4v) is 2.31. The van der Waals surface area contributed by atoms with E-state index in [1.54, 1.807) is 11.9 Å². The first-order chi connectivity index (χ1) is 11.1. The van der Waals surface area contributed by atoms with E-state index in [1.165, 1.54) is 28.9 Å². The SMILES string of the molecule is Cn1nnnc1C1CN(C(=O)COc2ccc(F)cc2)CCO1. The molecule has 8 nitrogen and oxygen atoms in total. The number of ether oxygens (including phenoxy) is 2. The zero-order valence-electron chi connectivity index (χ0n) is 12.6. The molecule has 1 aromatic carbocycles. The molecule has 0 bridgehead atoms. The lowest BCUT2D eigenvalue weighted by Gasteiger charge is -2.32. The Morgan fingerprint density at radius 3 is 2.91 bits per heavy atom. The van der Waals surface area contributed by atoms with Gasteiger partial charge in [0.2, 0.25) is 0 Å². The van der Waals surface area contributed by atoms with Crippen molar-refractivity contribution in [2.75, 3.05) is 26.3 Å². The van der Waals surface area contributed by atoms with Crippen LogP contribution in [0, 0.1) is 5.82 Å². The van der Waals surface area contributed by atoms with E-state index < -0.39 is 0 Å². The number of nitrogens with zero attached hydrogens (tertiary/aromatic N) is 5. The van der Waals surface area contributed by atoms with Gasteiger partial charge in [-0.25, -0.2) is 9.07 Å². The van der Waals surface area contributed by atoms with Gasteiger partial charge in [0.1, 0.15) is 17.7 Å². The zero-order valence-corrected chi connectivity index (χ0v) is 12.6. The van der Waals surface area contributed by atoms with Crippen molar-refractivity contribution in [1.29, 1.82) is 0 Å². The second kappa shape index (κ2) is 6.69. The van der Waals surface area contributed by atoms with E-state index in [2.05, 4.69) is 15.5 Å². The number of aryl methyl sites for hydroxylation is 1. The van der Waals surface area contributed by atoms with E-state index in [-0.39, 0.29) is 24.4 Å². The molecule has 1 fully saturated rings. The number of aromatic nitrogens is 4. The van der Waals surface area contributed by atoms with Crippen molar-refractivity contribution in [3.05, 3.63) is 35.9 Å². The number of halogens is 1.